The van der Waals surface area contributed by atoms with Crippen molar-refractivity contribution in [1.82, 2.24) is 0 Å². The highest BCUT2D eigenvalue weighted by molar-refractivity contribution is 5.27. The zero-order valence-corrected chi connectivity index (χ0v) is 10.2. The van der Waals surface area contributed by atoms with E-state index in [2.05, 4.69) is 18.6 Å². The minimum absolute atomic E-state index is 0.344. The molecule has 0 heterocycles. The summed E-state index contributed by atoms with van der Waals surface area (Å²) in [5, 5.41) is 9.01. The monoisotopic (exact) mass is 210 g/mol. The first-order chi connectivity index (χ1) is 7.15. The predicted molar refractivity (Wildman–Crippen MR) is 64.4 cm³/mol. The van der Waals surface area contributed by atoms with Gasteiger partial charge in [0.25, 0.3) is 0 Å². The standard InChI is InChI=1S/C10H14O.C3H8O/c1-3-8(2)9-4-6-10(11)7-5-9;1-3-4-2/h4-8,11H,3H2,1-2H3;3H2,1-2H3. The van der Waals surface area contributed by atoms with E-state index in [1.54, 1.807) is 19.2 Å². The first-order valence-corrected chi connectivity index (χ1v) is 5.43. The van der Waals surface area contributed by atoms with Crippen LogP contribution in [0.3, 0.4) is 0 Å². The summed E-state index contributed by atoms with van der Waals surface area (Å²) in [5.41, 5.74) is 1.30. The van der Waals surface area contributed by atoms with Crippen molar-refractivity contribution >= 4 is 0 Å². The Bertz CT molecular complexity index is 239. The summed E-state index contributed by atoms with van der Waals surface area (Å²) in [7, 11) is 1.68. The van der Waals surface area contributed by atoms with E-state index < -0.39 is 0 Å². The van der Waals surface area contributed by atoms with Crippen molar-refractivity contribution in [2.45, 2.75) is 33.1 Å². The van der Waals surface area contributed by atoms with E-state index in [0.717, 1.165) is 13.0 Å². The Morgan fingerprint density at radius 1 is 1.20 bits per heavy atom. The highest BCUT2D eigenvalue weighted by Crippen LogP contribution is 2.20. The highest BCUT2D eigenvalue weighted by Gasteiger charge is 2.00. The molecule has 1 atom stereocenters. The van der Waals surface area contributed by atoms with Crippen LogP contribution in [0.5, 0.6) is 5.75 Å². The molecule has 15 heavy (non-hydrogen) atoms. The van der Waals surface area contributed by atoms with E-state index in [9.17, 15) is 0 Å². The van der Waals surface area contributed by atoms with Crippen LogP contribution in [-0.2, 0) is 4.74 Å². The third-order valence-electron chi connectivity index (χ3n) is 2.36. The summed E-state index contributed by atoms with van der Waals surface area (Å²) in [4.78, 5) is 0. The molecule has 0 aliphatic heterocycles. The molecule has 1 aromatic carbocycles. The normalized spacial score (nSPS) is 11.5. The SMILES string of the molecule is CCC(C)c1ccc(O)cc1.CCOC. The van der Waals surface area contributed by atoms with Crippen LogP contribution in [-0.4, -0.2) is 18.8 Å². The predicted octanol–water partition coefficient (Wildman–Crippen LogP) is 3.56. The van der Waals surface area contributed by atoms with Gasteiger partial charge in [-0.3, -0.25) is 0 Å². The maximum Gasteiger partial charge on any atom is 0.115 e. The molecule has 0 aliphatic rings. The van der Waals surface area contributed by atoms with E-state index in [1.807, 2.05) is 19.1 Å². The molecular weight excluding hydrogens is 188 g/mol. The molecule has 0 radical (unpaired) electrons. The van der Waals surface area contributed by atoms with Gasteiger partial charge in [-0.2, -0.15) is 0 Å². The maximum absolute atomic E-state index is 9.01. The summed E-state index contributed by atoms with van der Waals surface area (Å²) >= 11 is 0. The second-order valence-electron chi connectivity index (χ2n) is 3.48. The largest absolute Gasteiger partial charge is 0.508 e. The average molecular weight is 210 g/mol. The highest BCUT2D eigenvalue weighted by atomic mass is 16.5. The van der Waals surface area contributed by atoms with Crippen molar-refractivity contribution in [1.29, 1.82) is 0 Å². The lowest BCUT2D eigenvalue weighted by molar-refractivity contribution is 0.215. The maximum atomic E-state index is 9.01. The first kappa shape index (κ1) is 14.0. The quantitative estimate of drug-likeness (QED) is 0.826. The van der Waals surface area contributed by atoms with Crippen LogP contribution in [0.1, 0.15) is 38.7 Å². The molecule has 0 saturated heterocycles. The van der Waals surface area contributed by atoms with Crippen molar-refractivity contribution in [3.05, 3.63) is 29.8 Å². The number of methoxy groups -OCH3 is 1. The zero-order valence-electron chi connectivity index (χ0n) is 10.2. The molecule has 1 unspecified atom stereocenters. The smallest absolute Gasteiger partial charge is 0.115 e. The van der Waals surface area contributed by atoms with Gasteiger partial charge in [0.1, 0.15) is 5.75 Å². The van der Waals surface area contributed by atoms with E-state index >= 15 is 0 Å². The molecule has 0 saturated carbocycles. The fourth-order valence-corrected chi connectivity index (χ4v) is 1.04. The second-order valence-corrected chi connectivity index (χ2v) is 3.48. The van der Waals surface area contributed by atoms with Crippen LogP contribution in [0.15, 0.2) is 24.3 Å². The zero-order chi connectivity index (χ0) is 11.7. The molecule has 0 aliphatic carbocycles. The van der Waals surface area contributed by atoms with Crippen LogP contribution < -0.4 is 0 Å². The van der Waals surface area contributed by atoms with E-state index in [1.165, 1.54) is 5.56 Å². The molecule has 0 spiro atoms. The third kappa shape index (κ3) is 6.13. The van der Waals surface area contributed by atoms with Gasteiger partial charge in [0, 0.05) is 13.7 Å². The first-order valence-electron chi connectivity index (χ1n) is 5.43. The molecule has 2 heteroatoms. The van der Waals surface area contributed by atoms with Crippen LogP contribution >= 0.6 is 0 Å². The van der Waals surface area contributed by atoms with Gasteiger partial charge in [-0.1, -0.05) is 26.0 Å². The third-order valence-corrected chi connectivity index (χ3v) is 2.36. The Balaban J connectivity index is 0.000000423. The van der Waals surface area contributed by atoms with Gasteiger partial charge in [-0.25, -0.2) is 0 Å². The Hall–Kier alpha value is -1.02. The van der Waals surface area contributed by atoms with Gasteiger partial charge in [-0.05, 0) is 37.0 Å². The van der Waals surface area contributed by atoms with Crippen molar-refractivity contribution < 1.29 is 9.84 Å². The van der Waals surface area contributed by atoms with Crippen LogP contribution in [0.4, 0.5) is 0 Å². The molecule has 0 bridgehead atoms. The molecule has 86 valence electrons. The summed E-state index contributed by atoms with van der Waals surface area (Å²) in [6, 6.07) is 7.43. The minimum Gasteiger partial charge on any atom is -0.508 e. The molecule has 0 aromatic heterocycles. The van der Waals surface area contributed by atoms with Crippen LogP contribution in [0.25, 0.3) is 0 Å². The lowest BCUT2D eigenvalue weighted by atomic mass is 9.99. The van der Waals surface area contributed by atoms with Crippen molar-refractivity contribution in [3.63, 3.8) is 0 Å². The van der Waals surface area contributed by atoms with Crippen molar-refractivity contribution in [2.75, 3.05) is 13.7 Å². The topological polar surface area (TPSA) is 29.5 Å². The molecule has 1 N–H and O–H groups in total. The molecule has 0 amide bonds. The number of hydrogen-bond donors (Lipinski definition) is 1. The second kappa shape index (κ2) is 8.30. The van der Waals surface area contributed by atoms with Gasteiger partial charge in [-0.15, -0.1) is 0 Å². The summed E-state index contributed by atoms with van der Waals surface area (Å²) in [6.45, 7) is 7.13. The number of benzene rings is 1. The Morgan fingerprint density at radius 3 is 2.00 bits per heavy atom. The number of phenolic OH excluding ortho intramolecular Hbond substituents is 1. The Labute approximate surface area is 92.9 Å². The van der Waals surface area contributed by atoms with Crippen LogP contribution in [0, 0.1) is 0 Å². The molecule has 1 rings (SSSR count). The van der Waals surface area contributed by atoms with Crippen LogP contribution in [0.2, 0.25) is 0 Å². The van der Waals surface area contributed by atoms with E-state index in [4.69, 9.17) is 5.11 Å². The molecular formula is C13H22O2. The number of aromatic hydroxyl groups is 1. The lowest BCUT2D eigenvalue weighted by Gasteiger charge is -2.07. The van der Waals surface area contributed by atoms with Crippen molar-refractivity contribution in [3.8, 4) is 5.75 Å². The molecule has 2 nitrogen and oxygen atoms in total. The summed E-state index contributed by atoms with van der Waals surface area (Å²) in [6.07, 6.45) is 1.14. The van der Waals surface area contributed by atoms with Gasteiger partial charge in [0.15, 0.2) is 0 Å². The summed E-state index contributed by atoms with van der Waals surface area (Å²) in [5.74, 6) is 0.938. The number of ether oxygens (including phenoxy) is 1. The van der Waals surface area contributed by atoms with Crippen molar-refractivity contribution in [2.24, 2.45) is 0 Å². The van der Waals surface area contributed by atoms with E-state index in [-0.39, 0.29) is 0 Å². The Kier molecular flexibility index (Phi) is 7.74. The van der Waals surface area contributed by atoms with Gasteiger partial charge >= 0.3 is 0 Å². The minimum atomic E-state index is 0.344. The summed E-state index contributed by atoms with van der Waals surface area (Å²) < 4.78 is 4.54. The Morgan fingerprint density at radius 2 is 1.67 bits per heavy atom. The van der Waals surface area contributed by atoms with Gasteiger partial charge in [0.2, 0.25) is 0 Å². The fourth-order valence-electron chi connectivity index (χ4n) is 1.04. The number of rotatable bonds is 3. The molecule has 1 aromatic rings. The van der Waals surface area contributed by atoms with Gasteiger partial charge < -0.3 is 9.84 Å². The number of hydrogen-bond acceptors (Lipinski definition) is 2. The fraction of sp³-hybridized carbons (Fsp3) is 0.538. The molecule has 0 fully saturated rings. The van der Waals surface area contributed by atoms with Gasteiger partial charge in [0.05, 0.1) is 0 Å². The number of phenols is 1. The average Bonchev–Trinajstić information content (AvgIpc) is 2.29. The van der Waals surface area contributed by atoms with E-state index in [0.29, 0.717) is 11.7 Å². The lowest BCUT2D eigenvalue weighted by Crippen LogP contribution is -1.89.